The predicted octanol–water partition coefficient (Wildman–Crippen LogP) is 4.62. The Bertz CT molecular complexity index is 446. The topological polar surface area (TPSA) is 12.9 Å². The first kappa shape index (κ1) is 12.0. The SMILES string of the molecule is CC(C)(SS)c1ccc(-c2nccs2)cc1. The lowest BCUT2D eigenvalue weighted by atomic mass is 10.0. The van der Waals surface area contributed by atoms with Crippen molar-refractivity contribution in [3.63, 3.8) is 0 Å². The van der Waals surface area contributed by atoms with Gasteiger partial charge in [-0.2, -0.15) is 0 Å². The third-order valence-corrected chi connectivity index (χ3v) is 5.37. The summed E-state index contributed by atoms with van der Waals surface area (Å²) in [5, 5.41) is 3.07. The molecular weight excluding hydrogens is 254 g/mol. The summed E-state index contributed by atoms with van der Waals surface area (Å²) in [5.41, 5.74) is 2.46. The molecule has 0 spiro atoms. The normalized spacial score (nSPS) is 11.7. The fraction of sp³-hybridized carbons (Fsp3) is 0.250. The van der Waals surface area contributed by atoms with Crippen LogP contribution >= 0.6 is 33.8 Å². The number of hydrogen-bond acceptors (Lipinski definition) is 4. The Morgan fingerprint density at radius 3 is 2.44 bits per heavy atom. The average molecular weight is 267 g/mol. The van der Waals surface area contributed by atoms with Gasteiger partial charge < -0.3 is 0 Å². The first-order valence-corrected chi connectivity index (χ1v) is 7.71. The van der Waals surface area contributed by atoms with Gasteiger partial charge in [-0.15, -0.1) is 23.0 Å². The third-order valence-electron chi connectivity index (χ3n) is 2.49. The van der Waals surface area contributed by atoms with Crippen molar-refractivity contribution in [1.82, 2.24) is 4.98 Å². The Labute approximate surface area is 109 Å². The number of rotatable bonds is 3. The smallest absolute Gasteiger partial charge is 0.123 e. The van der Waals surface area contributed by atoms with Crippen molar-refractivity contribution in [3.8, 4) is 10.6 Å². The lowest BCUT2D eigenvalue weighted by molar-refractivity contribution is 0.790. The largest absolute Gasteiger partial charge is 0.245 e. The number of thiol groups is 1. The van der Waals surface area contributed by atoms with Gasteiger partial charge in [0.2, 0.25) is 0 Å². The van der Waals surface area contributed by atoms with Crippen molar-refractivity contribution >= 4 is 33.8 Å². The summed E-state index contributed by atoms with van der Waals surface area (Å²) in [6.07, 6.45) is 1.83. The monoisotopic (exact) mass is 267 g/mol. The molecule has 4 heteroatoms. The molecule has 0 aliphatic carbocycles. The fourth-order valence-corrected chi connectivity index (χ4v) is 2.64. The van der Waals surface area contributed by atoms with Gasteiger partial charge in [0, 0.05) is 21.9 Å². The minimum atomic E-state index is 0.0462. The van der Waals surface area contributed by atoms with Gasteiger partial charge in [0.1, 0.15) is 5.01 Å². The Balaban J connectivity index is 2.30. The van der Waals surface area contributed by atoms with Gasteiger partial charge in [0.05, 0.1) is 0 Å². The van der Waals surface area contributed by atoms with Crippen LogP contribution in [-0.4, -0.2) is 4.98 Å². The van der Waals surface area contributed by atoms with Gasteiger partial charge >= 0.3 is 0 Å². The fourth-order valence-electron chi connectivity index (χ4n) is 1.43. The van der Waals surface area contributed by atoms with Crippen molar-refractivity contribution in [1.29, 1.82) is 0 Å². The molecule has 16 heavy (non-hydrogen) atoms. The number of thiazole rings is 1. The van der Waals surface area contributed by atoms with Gasteiger partial charge in [-0.25, -0.2) is 4.98 Å². The molecule has 1 heterocycles. The maximum Gasteiger partial charge on any atom is 0.123 e. The molecule has 0 saturated carbocycles. The van der Waals surface area contributed by atoms with E-state index < -0.39 is 0 Å². The van der Waals surface area contributed by atoms with Crippen molar-refractivity contribution < 1.29 is 0 Å². The van der Waals surface area contributed by atoms with Gasteiger partial charge in [-0.3, -0.25) is 0 Å². The molecule has 0 radical (unpaired) electrons. The quantitative estimate of drug-likeness (QED) is 0.643. The van der Waals surface area contributed by atoms with E-state index in [-0.39, 0.29) is 4.75 Å². The van der Waals surface area contributed by atoms with Crippen molar-refractivity contribution in [2.24, 2.45) is 0 Å². The van der Waals surface area contributed by atoms with E-state index in [1.54, 1.807) is 22.1 Å². The highest BCUT2D eigenvalue weighted by Gasteiger charge is 2.19. The molecule has 84 valence electrons. The van der Waals surface area contributed by atoms with Crippen LogP contribution in [0.5, 0.6) is 0 Å². The number of aromatic nitrogens is 1. The van der Waals surface area contributed by atoms with E-state index >= 15 is 0 Å². The second kappa shape index (κ2) is 4.82. The average Bonchev–Trinajstić information content (AvgIpc) is 2.83. The van der Waals surface area contributed by atoms with Gasteiger partial charge in [0.15, 0.2) is 0 Å². The van der Waals surface area contributed by atoms with Crippen LogP contribution in [0.25, 0.3) is 10.6 Å². The number of nitrogens with zero attached hydrogens (tertiary/aromatic N) is 1. The van der Waals surface area contributed by atoms with E-state index in [1.165, 1.54) is 11.1 Å². The summed E-state index contributed by atoms with van der Waals surface area (Å²) in [6, 6.07) is 8.56. The molecule has 0 aliphatic heterocycles. The molecule has 2 aromatic rings. The summed E-state index contributed by atoms with van der Waals surface area (Å²) in [6.45, 7) is 4.34. The molecule has 0 saturated heterocycles. The molecule has 2 rings (SSSR count). The maximum absolute atomic E-state index is 4.30. The highest BCUT2D eigenvalue weighted by molar-refractivity contribution is 8.68. The summed E-state index contributed by atoms with van der Waals surface area (Å²) in [5.74, 6) is 0. The van der Waals surface area contributed by atoms with E-state index in [1.807, 2.05) is 11.6 Å². The molecule has 0 atom stereocenters. The predicted molar refractivity (Wildman–Crippen MR) is 77.2 cm³/mol. The first-order chi connectivity index (χ1) is 7.63. The van der Waals surface area contributed by atoms with Crippen molar-refractivity contribution in [2.75, 3.05) is 0 Å². The van der Waals surface area contributed by atoms with Crippen molar-refractivity contribution in [3.05, 3.63) is 41.4 Å². The standard InChI is InChI=1S/C12H13NS3/c1-12(2,16-14)10-5-3-9(4-6-10)11-13-7-8-15-11/h3-8,14H,1-2H3. The Kier molecular flexibility index (Phi) is 3.62. The van der Waals surface area contributed by atoms with E-state index in [0.717, 1.165) is 5.01 Å². The van der Waals surface area contributed by atoms with Crippen LogP contribution in [0.15, 0.2) is 35.8 Å². The van der Waals surface area contributed by atoms with E-state index in [2.05, 4.69) is 54.8 Å². The van der Waals surface area contributed by atoms with E-state index in [9.17, 15) is 0 Å². The molecule has 0 bridgehead atoms. The van der Waals surface area contributed by atoms with Crippen LogP contribution in [0.4, 0.5) is 0 Å². The van der Waals surface area contributed by atoms with Gasteiger partial charge in [-0.05, 0) is 19.4 Å². The second-order valence-electron chi connectivity index (χ2n) is 4.02. The molecule has 0 aliphatic rings. The summed E-state index contributed by atoms with van der Waals surface area (Å²) >= 11 is 5.97. The maximum atomic E-state index is 4.30. The van der Waals surface area contributed by atoms with Crippen LogP contribution in [0.2, 0.25) is 0 Å². The summed E-state index contributed by atoms with van der Waals surface area (Å²) in [7, 11) is 1.56. The lowest BCUT2D eigenvalue weighted by Gasteiger charge is -2.21. The molecule has 0 N–H and O–H groups in total. The molecular formula is C12H13NS3. The molecule has 1 nitrogen and oxygen atoms in total. The lowest BCUT2D eigenvalue weighted by Crippen LogP contribution is -2.09. The van der Waals surface area contributed by atoms with Crippen LogP contribution in [0, 0.1) is 0 Å². The third kappa shape index (κ3) is 2.44. The van der Waals surface area contributed by atoms with Gasteiger partial charge in [0.25, 0.3) is 0 Å². The molecule has 0 fully saturated rings. The number of hydrogen-bond donors (Lipinski definition) is 1. The Morgan fingerprint density at radius 1 is 1.25 bits per heavy atom. The zero-order valence-electron chi connectivity index (χ0n) is 9.18. The van der Waals surface area contributed by atoms with Gasteiger partial charge in [-0.1, -0.05) is 35.1 Å². The number of benzene rings is 1. The highest BCUT2D eigenvalue weighted by Crippen LogP contribution is 2.38. The summed E-state index contributed by atoms with van der Waals surface area (Å²) in [4.78, 5) is 4.30. The zero-order valence-corrected chi connectivity index (χ0v) is 11.7. The highest BCUT2D eigenvalue weighted by atomic mass is 33.1. The molecule has 1 aromatic carbocycles. The van der Waals surface area contributed by atoms with Crippen LogP contribution in [-0.2, 0) is 4.75 Å². The van der Waals surface area contributed by atoms with Crippen molar-refractivity contribution in [2.45, 2.75) is 18.6 Å². The molecule has 1 aromatic heterocycles. The molecule has 0 unspecified atom stereocenters. The molecule has 0 amide bonds. The van der Waals surface area contributed by atoms with E-state index in [4.69, 9.17) is 0 Å². The van der Waals surface area contributed by atoms with Crippen LogP contribution < -0.4 is 0 Å². The van der Waals surface area contributed by atoms with Crippen LogP contribution in [0.3, 0.4) is 0 Å². The Morgan fingerprint density at radius 2 is 1.94 bits per heavy atom. The van der Waals surface area contributed by atoms with E-state index in [0.29, 0.717) is 0 Å². The first-order valence-electron chi connectivity index (χ1n) is 4.96. The Hall–Kier alpha value is -0.450. The minimum absolute atomic E-state index is 0.0462. The second-order valence-corrected chi connectivity index (χ2v) is 6.66. The summed E-state index contributed by atoms with van der Waals surface area (Å²) < 4.78 is 0.0462. The van der Waals surface area contributed by atoms with Crippen LogP contribution in [0.1, 0.15) is 19.4 Å². The minimum Gasteiger partial charge on any atom is -0.245 e. The zero-order chi connectivity index (χ0) is 11.6.